The van der Waals surface area contributed by atoms with Gasteiger partial charge in [0.05, 0.1) is 25.3 Å². The largest absolute Gasteiger partial charge is 0.469 e. The molecular formula is C19H20ClNO3S. The third-order valence-corrected chi connectivity index (χ3v) is 4.96. The summed E-state index contributed by atoms with van der Waals surface area (Å²) in [6, 6.07) is 14.6. The second-order valence-corrected chi connectivity index (χ2v) is 6.98. The highest BCUT2D eigenvalue weighted by Gasteiger charge is 2.21. The van der Waals surface area contributed by atoms with Gasteiger partial charge in [0.25, 0.3) is 0 Å². The predicted molar refractivity (Wildman–Crippen MR) is 101 cm³/mol. The van der Waals surface area contributed by atoms with Crippen molar-refractivity contribution in [3.05, 3.63) is 64.7 Å². The first-order chi connectivity index (χ1) is 12.0. The fourth-order valence-corrected chi connectivity index (χ4v) is 3.24. The number of aryl methyl sites for hydroxylation is 1. The Hall–Kier alpha value is -1.98. The topological polar surface area (TPSA) is 55.4 Å². The van der Waals surface area contributed by atoms with Crippen molar-refractivity contribution in [3.8, 4) is 0 Å². The number of benzene rings is 2. The Morgan fingerprint density at radius 3 is 2.48 bits per heavy atom. The Labute approximate surface area is 156 Å². The summed E-state index contributed by atoms with van der Waals surface area (Å²) in [7, 11) is 1.32. The van der Waals surface area contributed by atoms with Crippen LogP contribution in [-0.2, 0) is 14.3 Å². The molecule has 1 unspecified atom stereocenters. The van der Waals surface area contributed by atoms with Gasteiger partial charge in [0.2, 0.25) is 5.91 Å². The molecule has 2 aromatic rings. The van der Waals surface area contributed by atoms with Crippen LogP contribution >= 0.6 is 23.4 Å². The highest BCUT2D eigenvalue weighted by molar-refractivity contribution is 8.00. The summed E-state index contributed by atoms with van der Waals surface area (Å²) in [6.07, 6.45) is 0.0289. The van der Waals surface area contributed by atoms with E-state index in [1.165, 1.54) is 24.4 Å². The molecule has 6 heteroatoms. The van der Waals surface area contributed by atoms with E-state index in [2.05, 4.69) is 5.32 Å². The Bertz CT molecular complexity index is 734. The molecule has 0 aromatic heterocycles. The van der Waals surface area contributed by atoms with Crippen LogP contribution in [0.15, 0.2) is 53.4 Å². The van der Waals surface area contributed by atoms with Crippen LogP contribution in [0.5, 0.6) is 0 Å². The monoisotopic (exact) mass is 377 g/mol. The SMILES string of the molecule is COC(=O)CC(NC(=O)CSc1ccc(C)cc1)c1ccccc1Cl. The van der Waals surface area contributed by atoms with Crippen molar-refractivity contribution in [2.24, 2.45) is 0 Å². The van der Waals surface area contributed by atoms with Gasteiger partial charge >= 0.3 is 5.97 Å². The molecule has 0 radical (unpaired) electrons. The lowest BCUT2D eigenvalue weighted by atomic mass is 10.0. The summed E-state index contributed by atoms with van der Waals surface area (Å²) in [4.78, 5) is 25.0. The Morgan fingerprint density at radius 2 is 1.84 bits per heavy atom. The Morgan fingerprint density at radius 1 is 1.16 bits per heavy atom. The van der Waals surface area contributed by atoms with Crippen LogP contribution in [0.25, 0.3) is 0 Å². The Balaban J connectivity index is 2.02. The molecule has 0 saturated heterocycles. The Kier molecular flexibility index (Phi) is 7.34. The van der Waals surface area contributed by atoms with Crippen LogP contribution in [0.3, 0.4) is 0 Å². The lowest BCUT2D eigenvalue weighted by Gasteiger charge is -2.19. The zero-order chi connectivity index (χ0) is 18.2. The number of esters is 1. The lowest BCUT2D eigenvalue weighted by Crippen LogP contribution is -2.32. The van der Waals surface area contributed by atoms with Crippen molar-refractivity contribution in [3.63, 3.8) is 0 Å². The molecule has 4 nitrogen and oxygen atoms in total. The summed E-state index contributed by atoms with van der Waals surface area (Å²) in [5.74, 6) is -0.318. The predicted octanol–water partition coefficient (Wildman–Crippen LogP) is 4.16. The number of halogens is 1. The molecule has 0 aliphatic carbocycles. The van der Waals surface area contributed by atoms with Crippen molar-refractivity contribution >= 4 is 35.2 Å². The molecule has 1 N–H and O–H groups in total. The number of carbonyl (C=O) groups excluding carboxylic acids is 2. The molecule has 2 aromatic carbocycles. The minimum Gasteiger partial charge on any atom is -0.469 e. The number of nitrogens with one attached hydrogen (secondary N) is 1. The van der Waals surface area contributed by atoms with Crippen LogP contribution in [0.2, 0.25) is 5.02 Å². The van der Waals surface area contributed by atoms with Gasteiger partial charge in [-0.2, -0.15) is 0 Å². The third-order valence-electron chi connectivity index (χ3n) is 3.61. The first-order valence-electron chi connectivity index (χ1n) is 7.79. The van der Waals surface area contributed by atoms with Gasteiger partial charge < -0.3 is 10.1 Å². The number of hydrogen-bond acceptors (Lipinski definition) is 4. The van der Waals surface area contributed by atoms with Gasteiger partial charge in [0.1, 0.15) is 0 Å². The summed E-state index contributed by atoms with van der Waals surface area (Å²) >= 11 is 7.65. The van der Waals surface area contributed by atoms with Crippen molar-refractivity contribution in [2.45, 2.75) is 24.3 Å². The van der Waals surface area contributed by atoms with E-state index in [0.717, 1.165) is 4.90 Å². The van der Waals surface area contributed by atoms with E-state index in [4.69, 9.17) is 16.3 Å². The third kappa shape index (κ3) is 6.11. The summed E-state index contributed by atoms with van der Waals surface area (Å²) in [6.45, 7) is 2.02. The first kappa shape index (κ1) is 19.3. The van der Waals surface area contributed by atoms with Crippen molar-refractivity contribution in [1.29, 1.82) is 0 Å². The maximum atomic E-state index is 12.3. The standard InChI is InChI=1S/C19H20ClNO3S/c1-13-7-9-14(10-8-13)25-12-18(22)21-17(11-19(23)24-2)15-5-3-4-6-16(15)20/h3-10,17H,11-12H2,1-2H3,(H,21,22). The van der Waals surface area contributed by atoms with Crippen LogP contribution < -0.4 is 5.32 Å². The molecule has 0 fully saturated rings. The average molecular weight is 378 g/mol. The second-order valence-electron chi connectivity index (χ2n) is 5.52. The normalized spacial score (nSPS) is 11.6. The van der Waals surface area contributed by atoms with Crippen molar-refractivity contribution < 1.29 is 14.3 Å². The van der Waals surface area contributed by atoms with Crippen molar-refractivity contribution in [2.75, 3.05) is 12.9 Å². The average Bonchev–Trinajstić information content (AvgIpc) is 2.61. The van der Waals surface area contributed by atoms with Gasteiger partial charge in [-0.3, -0.25) is 9.59 Å². The van der Waals surface area contributed by atoms with E-state index in [1.54, 1.807) is 18.2 Å². The van der Waals surface area contributed by atoms with Gasteiger partial charge in [-0.05, 0) is 30.7 Å². The van der Waals surface area contributed by atoms with Gasteiger partial charge in [0, 0.05) is 9.92 Å². The van der Waals surface area contributed by atoms with E-state index in [-0.39, 0.29) is 18.1 Å². The molecule has 25 heavy (non-hydrogen) atoms. The minimum absolute atomic E-state index is 0.0289. The molecule has 0 spiro atoms. The van der Waals surface area contributed by atoms with E-state index in [0.29, 0.717) is 10.6 Å². The van der Waals surface area contributed by atoms with Crippen LogP contribution in [0.1, 0.15) is 23.6 Å². The summed E-state index contributed by atoms with van der Waals surface area (Å²) < 4.78 is 4.73. The van der Waals surface area contributed by atoms with E-state index >= 15 is 0 Å². The van der Waals surface area contributed by atoms with Crippen molar-refractivity contribution in [1.82, 2.24) is 5.32 Å². The van der Waals surface area contributed by atoms with Crippen LogP contribution in [-0.4, -0.2) is 24.7 Å². The molecule has 0 saturated carbocycles. The zero-order valence-electron chi connectivity index (χ0n) is 14.1. The maximum Gasteiger partial charge on any atom is 0.307 e. The molecule has 0 bridgehead atoms. The molecule has 0 heterocycles. The number of carbonyl (C=O) groups is 2. The highest BCUT2D eigenvalue weighted by atomic mass is 35.5. The number of methoxy groups -OCH3 is 1. The summed E-state index contributed by atoms with van der Waals surface area (Å²) in [5, 5.41) is 3.38. The number of thioether (sulfide) groups is 1. The fourth-order valence-electron chi connectivity index (χ4n) is 2.27. The van der Waals surface area contributed by atoms with E-state index in [9.17, 15) is 9.59 Å². The molecule has 2 rings (SSSR count). The molecule has 0 aliphatic heterocycles. The molecule has 132 valence electrons. The van der Waals surface area contributed by atoms with Crippen LogP contribution in [0, 0.1) is 6.92 Å². The van der Waals surface area contributed by atoms with Gasteiger partial charge in [-0.1, -0.05) is 47.5 Å². The first-order valence-corrected chi connectivity index (χ1v) is 9.16. The molecular weight excluding hydrogens is 358 g/mol. The quantitative estimate of drug-likeness (QED) is 0.581. The van der Waals surface area contributed by atoms with Gasteiger partial charge in [-0.15, -0.1) is 11.8 Å². The van der Waals surface area contributed by atoms with Crippen LogP contribution in [0.4, 0.5) is 0 Å². The molecule has 1 amide bonds. The number of rotatable bonds is 7. The minimum atomic E-state index is -0.521. The second kappa shape index (κ2) is 9.49. The van der Waals surface area contributed by atoms with Gasteiger partial charge in [0.15, 0.2) is 0 Å². The lowest BCUT2D eigenvalue weighted by molar-refractivity contribution is -0.141. The number of amides is 1. The number of hydrogen-bond donors (Lipinski definition) is 1. The van der Waals surface area contributed by atoms with E-state index in [1.807, 2.05) is 37.3 Å². The zero-order valence-corrected chi connectivity index (χ0v) is 15.7. The maximum absolute atomic E-state index is 12.3. The number of ether oxygens (including phenoxy) is 1. The van der Waals surface area contributed by atoms with Gasteiger partial charge in [-0.25, -0.2) is 0 Å². The molecule has 0 aliphatic rings. The van der Waals surface area contributed by atoms with E-state index < -0.39 is 12.0 Å². The smallest absolute Gasteiger partial charge is 0.307 e. The highest BCUT2D eigenvalue weighted by Crippen LogP contribution is 2.26. The fraction of sp³-hybridized carbons (Fsp3) is 0.263. The molecule has 1 atom stereocenters. The summed E-state index contributed by atoms with van der Waals surface area (Å²) in [5.41, 5.74) is 1.87.